The molecule has 0 aliphatic carbocycles. The van der Waals surface area contributed by atoms with E-state index >= 15 is 0 Å². The lowest BCUT2D eigenvalue weighted by Gasteiger charge is -2.37. The second-order valence-electron chi connectivity index (χ2n) is 9.14. The average Bonchev–Trinajstić information content (AvgIpc) is 2.76. The molecule has 6 heteroatoms. The molecule has 6 nitrogen and oxygen atoms in total. The van der Waals surface area contributed by atoms with Gasteiger partial charge in [-0.05, 0) is 45.2 Å². The van der Waals surface area contributed by atoms with E-state index < -0.39 is 6.10 Å². The molecule has 0 saturated carbocycles. The molecular weight excluding hydrogens is 400 g/mol. The van der Waals surface area contributed by atoms with E-state index in [-0.39, 0.29) is 0 Å². The molecule has 0 radical (unpaired) electrons. The first kappa shape index (κ1) is 24.6. The Morgan fingerprint density at radius 2 is 1.81 bits per heavy atom. The maximum atomic E-state index is 10.3. The van der Waals surface area contributed by atoms with Crippen molar-refractivity contribution in [3.63, 3.8) is 0 Å². The van der Waals surface area contributed by atoms with Crippen LogP contribution in [0.15, 0.2) is 18.2 Å². The van der Waals surface area contributed by atoms with Crippen LogP contribution in [0, 0.1) is 27.7 Å². The van der Waals surface area contributed by atoms with Crippen LogP contribution in [0.4, 0.5) is 5.82 Å². The number of β-amino-alcohol motifs (C(OH)–C–C–N with tert-alkyl or cyclic N) is 1. The van der Waals surface area contributed by atoms with Gasteiger partial charge in [0.05, 0.1) is 12.7 Å². The number of nitrogens with zero attached hydrogens (tertiary/aromatic N) is 4. The fraction of sp³-hybridized carbons (Fsp3) is 0.615. The van der Waals surface area contributed by atoms with E-state index in [2.05, 4.69) is 60.7 Å². The SMILES string of the molecule is CCCCOC[C@H](O)CN1CCN(c2nc(C)nc(C)c2Cc2cc(C)ccc2C)CC1. The van der Waals surface area contributed by atoms with E-state index in [1.807, 2.05) is 6.92 Å². The summed E-state index contributed by atoms with van der Waals surface area (Å²) in [5.41, 5.74) is 6.22. The number of hydrogen-bond acceptors (Lipinski definition) is 6. The smallest absolute Gasteiger partial charge is 0.136 e. The number of aromatic nitrogens is 2. The number of unbranched alkanes of at least 4 members (excludes halogenated alkanes) is 1. The Kier molecular flexibility index (Phi) is 9.02. The van der Waals surface area contributed by atoms with Gasteiger partial charge in [0.15, 0.2) is 0 Å². The molecule has 2 heterocycles. The minimum Gasteiger partial charge on any atom is -0.389 e. The average molecular weight is 441 g/mol. The Morgan fingerprint density at radius 3 is 2.53 bits per heavy atom. The highest BCUT2D eigenvalue weighted by atomic mass is 16.5. The minimum absolute atomic E-state index is 0.421. The number of aliphatic hydroxyl groups is 1. The first-order valence-electron chi connectivity index (χ1n) is 12.0. The highest BCUT2D eigenvalue weighted by Gasteiger charge is 2.24. The van der Waals surface area contributed by atoms with Crippen molar-refractivity contribution in [2.45, 2.75) is 60.0 Å². The second-order valence-corrected chi connectivity index (χ2v) is 9.14. The van der Waals surface area contributed by atoms with E-state index in [1.165, 1.54) is 22.3 Å². The Morgan fingerprint density at radius 1 is 1.06 bits per heavy atom. The molecule has 1 aromatic carbocycles. The van der Waals surface area contributed by atoms with Crippen molar-refractivity contribution in [3.8, 4) is 0 Å². The fourth-order valence-electron chi connectivity index (χ4n) is 4.33. The van der Waals surface area contributed by atoms with Crippen LogP contribution >= 0.6 is 0 Å². The number of anilines is 1. The first-order valence-corrected chi connectivity index (χ1v) is 12.0. The molecule has 1 fully saturated rings. The Bertz CT molecular complexity index is 878. The van der Waals surface area contributed by atoms with E-state index in [4.69, 9.17) is 9.72 Å². The molecule has 3 rings (SSSR count). The van der Waals surface area contributed by atoms with Gasteiger partial charge < -0.3 is 14.7 Å². The van der Waals surface area contributed by atoms with Gasteiger partial charge in [0.25, 0.3) is 0 Å². The Balaban J connectivity index is 1.65. The van der Waals surface area contributed by atoms with Crippen LogP contribution in [0.3, 0.4) is 0 Å². The molecule has 1 saturated heterocycles. The van der Waals surface area contributed by atoms with Gasteiger partial charge in [-0.3, -0.25) is 4.90 Å². The summed E-state index contributed by atoms with van der Waals surface area (Å²) in [7, 11) is 0. The molecule has 0 spiro atoms. The van der Waals surface area contributed by atoms with Crippen molar-refractivity contribution < 1.29 is 9.84 Å². The van der Waals surface area contributed by atoms with Crippen molar-refractivity contribution in [1.29, 1.82) is 0 Å². The summed E-state index contributed by atoms with van der Waals surface area (Å²) in [5.74, 6) is 1.89. The maximum absolute atomic E-state index is 10.3. The topological polar surface area (TPSA) is 61.7 Å². The lowest BCUT2D eigenvalue weighted by molar-refractivity contribution is 0.0150. The van der Waals surface area contributed by atoms with Gasteiger partial charge in [-0.15, -0.1) is 0 Å². The van der Waals surface area contributed by atoms with E-state index in [0.29, 0.717) is 13.2 Å². The first-order chi connectivity index (χ1) is 15.4. The lowest BCUT2D eigenvalue weighted by Crippen LogP contribution is -2.49. The summed E-state index contributed by atoms with van der Waals surface area (Å²) >= 11 is 0. The van der Waals surface area contributed by atoms with Crippen molar-refractivity contribution in [1.82, 2.24) is 14.9 Å². The van der Waals surface area contributed by atoms with E-state index in [1.54, 1.807) is 0 Å². The van der Waals surface area contributed by atoms with Gasteiger partial charge >= 0.3 is 0 Å². The number of ether oxygens (including phenoxy) is 1. The molecule has 32 heavy (non-hydrogen) atoms. The summed E-state index contributed by atoms with van der Waals surface area (Å²) < 4.78 is 5.58. The number of piperazine rings is 1. The summed E-state index contributed by atoms with van der Waals surface area (Å²) in [6.45, 7) is 16.0. The summed E-state index contributed by atoms with van der Waals surface area (Å²) in [6, 6.07) is 6.64. The molecule has 0 bridgehead atoms. The maximum Gasteiger partial charge on any atom is 0.136 e. The number of aryl methyl sites for hydroxylation is 4. The largest absolute Gasteiger partial charge is 0.389 e. The molecule has 1 aliphatic rings. The third-order valence-electron chi connectivity index (χ3n) is 6.27. The Hall–Kier alpha value is -2.02. The zero-order chi connectivity index (χ0) is 23.1. The predicted molar refractivity (Wildman–Crippen MR) is 131 cm³/mol. The second kappa shape index (κ2) is 11.7. The monoisotopic (exact) mass is 440 g/mol. The standard InChI is InChI=1S/C26H40N4O2/c1-6-7-14-32-18-24(31)17-29-10-12-30(13-11-29)26-25(21(4)27-22(5)28-26)16-23-15-19(2)8-9-20(23)3/h8-9,15,24,31H,6-7,10-14,16-18H2,1-5H3/t24-/m1/s1. The van der Waals surface area contributed by atoms with Gasteiger partial charge in [-0.1, -0.05) is 37.1 Å². The molecule has 1 aromatic heterocycles. The van der Waals surface area contributed by atoms with Gasteiger partial charge in [-0.25, -0.2) is 9.97 Å². The quantitative estimate of drug-likeness (QED) is 0.570. The van der Waals surface area contributed by atoms with Gasteiger partial charge in [0, 0.05) is 57.0 Å². The zero-order valence-corrected chi connectivity index (χ0v) is 20.5. The summed E-state index contributed by atoms with van der Waals surface area (Å²) in [5, 5.41) is 10.3. The van der Waals surface area contributed by atoms with Crippen LogP contribution in [-0.4, -0.2) is 72.0 Å². The van der Waals surface area contributed by atoms with Crippen LogP contribution in [0.5, 0.6) is 0 Å². The van der Waals surface area contributed by atoms with Crippen LogP contribution in [0.1, 0.15) is 53.5 Å². The number of rotatable bonds is 10. The molecule has 176 valence electrons. The number of benzene rings is 1. The fourth-order valence-corrected chi connectivity index (χ4v) is 4.33. The zero-order valence-electron chi connectivity index (χ0n) is 20.5. The van der Waals surface area contributed by atoms with Gasteiger partial charge in [0.2, 0.25) is 0 Å². The lowest BCUT2D eigenvalue weighted by atomic mass is 9.97. The molecule has 1 atom stereocenters. The van der Waals surface area contributed by atoms with E-state index in [0.717, 1.165) is 69.4 Å². The van der Waals surface area contributed by atoms with Crippen LogP contribution < -0.4 is 4.90 Å². The normalized spacial score (nSPS) is 15.9. The molecule has 0 amide bonds. The van der Waals surface area contributed by atoms with Crippen molar-refractivity contribution in [2.75, 3.05) is 50.8 Å². The molecule has 1 aliphatic heterocycles. The number of hydrogen-bond donors (Lipinski definition) is 1. The van der Waals surface area contributed by atoms with Crippen molar-refractivity contribution >= 4 is 5.82 Å². The third-order valence-corrected chi connectivity index (χ3v) is 6.27. The van der Waals surface area contributed by atoms with Crippen LogP contribution in [-0.2, 0) is 11.2 Å². The van der Waals surface area contributed by atoms with Crippen molar-refractivity contribution in [3.05, 3.63) is 52.0 Å². The molecule has 2 aromatic rings. The van der Waals surface area contributed by atoms with Gasteiger partial charge in [0.1, 0.15) is 11.6 Å². The van der Waals surface area contributed by atoms with Crippen LogP contribution in [0.25, 0.3) is 0 Å². The molecule has 1 N–H and O–H groups in total. The van der Waals surface area contributed by atoms with Crippen LogP contribution in [0.2, 0.25) is 0 Å². The summed E-state index contributed by atoms with van der Waals surface area (Å²) in [4.78, 5) is 14.3. The summed E-state index contributed by atoms with van der Waals surface area (Å²) in [6.07, 6.45) is 2.59. The molecular formula is C26H40N4O2. The minimum atomic E-state index is -0.429. The highest BCUT2D eigenvalue weighted by molar-refractivity contribution is 5.52. The molecule has 0 unspecified atom stereocenters. The predicted octanol–water partition coefficient (Wildman–Crippen LogP) is 3.60. The van der Waals surface area contributed by atoms with E-state index in [9.17, 15) is 5.11 Å². The highest BCUT2D eigenvalue weighted by Crippen LogP contribution is 2.26. The van der Waals surface area contributed by atoms with Crippen molar-refractivity contribution in [2.24, 2.45) is 0 Å². The van der Waals surface area contributed by atoms with Gasteiger partial charge in [-0.2, -0.15) is 0 Å². The Labute approximate surface area is 193 Å². The third kappa shape index (κ3) is 6.74. The number of aliphatic hydroxyl groups excluding tert-OH is 1.